The molecule has 0 aromatic carbocycles. The first-order chi connectivity index (χ1) is 9.70. The Hall–Kier alpha value is -0.610. The van der Waals surface area contributed by atoms with E-state index in [4.69, 9.17) is 0 Å². The third-order valence-electron chi connectivity index (χ3n) is 5.94. The molecule has 1 spiro atoms. The lowest BCUT2D eigenvalue weighted by Crippen LogP contribution is -2.61. The average molecular weight is 296 g/mol. The molecule has 4 nitrogen and oxygen atoms in total. The van der Waals surface area contributed by atoms with Gasteiger partial charge in [-0.05, 0) is 37.5 Å². The zero-order chi connectivity index (χ0) is 15.9. The van der Waals surface area contributed by atoms with E-state index in [2.05, 4.69) is 26.1 Å². The third-order valence-corrected chi connectivity index (χ3v) is 5.94. The summed E-state index contributed by atoms with van der Waals surface area (Å²) in [5.74, 6) is 1.73. The van der Waals surface area contributed by atoms with E-state index in [0.29, 0.717) is 17.8 Å². The van der Waals surface area contributed by atoms with Crippen molar-refractivity contribution in [2.45, 2.75) is 71.7 Å². The molecule has 0 radical (unpaired) electrons. The Morgan fingerprint density at radius 3 is 2.43 bits per heavy atom. The molecule has 2 fully saturated rings. The minimum Gasteiger partial charge on any atom is -0.393 e. The summed E-state index contributed by atoms with van der Waals surface area (Å²) in [5, 5.41) is 13.6. The molecular weight excluding hydrogens is 264 g/mol. The van der Waals surface area contributed by atoms with Gasteiger partial charge >= 0.3 is 0 Å². The Labute approximate surface area is 129 Å². The van der Waals surface area contributed by atoms with Gasteiger partial charge < -0.3 is 10.0 Å². The van der Waals surface area contributed by atoms with Crippen LogP contribution in [0.15, 0.2) is 0 Å². The predicted octanol–water partition coefficient (Wildman–Crippen LogP) is 2.22. The number of carbonyl (C=O) groups excluding carboxylic acids is 1. The van der Waals surface area contributed by atoms with Gasteiger partial charge in [0.05, 0.1) is 17.8 Å². The standard InChI is InChI=1S/C17H32N2O2/c1-10(2)14-8-7-11(3)9-17(14)18-15(12(4)13(5)20)16(21)19(17)6/h10-15,18,20H,7-9H2,1-6H3/t11-,12-,13-,14+,15+,17-/m1/s1. The normalized spacial score (nSPS) is 40.1. The molecule has 1 aliphatic carbocycles. The second-order valence-corrected chi connectivity index (χ2v) is 7.78. The van der Waals surface area contributed by atoms with Crippen LogP contribution in [0.4, 0.5) is 0 Å². The fraction of sp³-hybridized carbons (Fsp3) is 0.941. The molecule has 4 heteroatoms. The molecule has 6 atom stereocenters. The van der Waals surface area contributed by atoms with Crippen molar-refractivity contribution < 1.29 is 9.90 Å². The fourth-order valence-corrected chi connectivity index (χ4v) is 4.39. The first-order valence-electron chi connectivity index (χ1n) is 8.44. The summed E-state index contributed by atoms with van der Waals surface area (Å²) >= 11 is 0. The molecule has 0 aromatic rings. The van der Waals surface area contributed by atoms with Crippen LogP contribution in [0.2, 0.25) is 0 Å². The van der Waals surface area contributed by atoms with E-state index in [1.165, 1.54) is 12.8 Å². The summed E-state index contributed by atoms with van der Waals surface area (Å²) in [6, 6.07) is -0.262. The number of nitrogens with one attached hydrogen (secondary N) is 1. The lowest BCUT2D eigenvalue weighted by atomic mass is 9.69. The van der Waals surface area contributed by atoms with E-state index in [9.17, 15) is 9.90 Å². The molecule has 122 valence electrons. The van der Waals surface area contributed by atoms with Crippen LogP contribution in [0.25, 0.3) is 0 Å². The minimum absolute atomic E-state index is 0.0654. The maximum absolute atomic E-state index is 12.8. The Morgan fingerprint density at radius 2 is 1.90 bits per heavy atom. The molecule has 1 amide bonds. The average Bonchev–Trinajstić information content (AvgIpc) is 2.63. The number of aliphatic hydroxyl groups is 1. The highest BCUT2D eigenvalue weighted by molar-refractivity contribution is 5.85. The van der Waals surface area contributed by atoms with Crippen molar-refractivity contribution >= 4 is 5.91 Å². The number of rotatable bonds is 3. The Bertz CT molecular complexity index is 396. The van der Waals surface area contributed by atoms with Gasteiger partial charge in [0.1, 0.15) is 0 Å². The van der Waals surface area contributed by atoms with Crippen LogP contribution in [0.3, 0.4) is 0 Å². The number of carbonyl (C=O) groups is 1. The van der Waals surface area contributed by atoms with Gasteiger partial charge in [0, 0.05) is 13.0 Å². The van der Waals surface area contributed by atoms with E-state index in [-0.39, 0.29) is 23.5 Å². The number of nitrogens with zero attached hydrogens (tertiary/aromatic N) is 1. The van der Waals surface area contributed by atoms with Crippen molar-refractivity contribution in [3.8, 4) is 0 Å². The van der Waals surface area contributed by atoms with Gasteiger partial charge in [-0.3, -0.25) is 10.1 Å². The van der Waals surface area contributed by atoms with E-state index in [1.807, 2.05) is 18.9 Å². The molecule has 21 heavy (non-hydrogen) atoms. The van der Waals surface area contributed by atoms with Crippen LogP contribution in [0.1, 0.15) is 53.9 Å². The lowest BCUT2D eigenvalue weighted by molar-refractivity contribution is -0.135. The molecule has 1 heterocycles. The second-order valence-electron chi connectivity index (χ2n) is 7.78. The molecule has 1 saturated heterocycles. The van der Waals surface area contributed by atoms with Crippen LogP contribution < -0.4 is 5.32 Å². The first-order valence-corrected chi connectivity index (χ1v) is 8.44. The van der Waals surface area contributed by atoms with E-state index >= 15 is 0 Å². The highest BCUT2D eigenvalue weighted by atomic mass is 16.3. The van der Waals surface area contributed by atoms with Gasteiger partial charge in [-0.2, -0.15) is 0 Å². The van der Waals surface area contributed by atoms with Gasteiger partial charge in [-0.25, -0.2) is 0 Å². The third kappa shape index (κ3) is 2.72. The van der Waals surface area contributed by atoms with Gasteiger partial charge in [0.2, 0.25) is 5.91 Å². The Morgan fingerprint density at radius 1 is 1.29 bits per heavy atom. The molecule has 0 aromatic heterocycles. The van der Waals surface area contributed by atoms with Crippen molar-refractivity contribution in [3.63, 3.8) is 0 Å². The summed E-state index contributed by atoms with van der Waals surface area (Å²) in [7, 11) is 1.94. The van der Waals surface area contributed by atoms with Crippen LogP contribution in [0, 0.1) is 23.7 Å². The highest BCUT2D eigenvalue weighted by Crippen LogP contribution is 2.46. The molecule has 0 unspecified atom stereocenters. The summed E-state index contributed by atoms with van der Waals surface area (Å²) < 4.78 is 0. The zero-order valence-electron chi connectivity index (χ0n) is 14.4. The lowest BCUT2D eigenvalue weighted by Gasteiger charge is -2.49. The van der Waals surface area contributed by atoms with Gasteiger partial charge in [0.15, 0.2) is 0 Å². The van der Waals surface area contributed by atoms with Gasteiger partial charge in [-0.15, -0.1) is 0 Å². The van der Waals surface area contributed by atoms with Crippen LogP contribution >= 0.6 is 0 Å². The van der Waals surface area contributed by atoms with Crippen molar-refractivity contribution in [1.29, 1.82) is 0 Å². The number of hydrogen-bond acceptors (Lipinski definition) is 3. The molecule has 1 aliphatic heterocycles. The first kappa shape index (κ1) is 16.8. The van der Waals surface area contributed by atoms with Gasteiger partial charge in [0.25, 0.3) is 0 Å². The maximum Gasteiger partial charge on any atom is 0.241 e. The largest absolute Gasteiger partial charge is 0.393 e. The van der Waals surface area contributed by atoms with E-state index in [0.717, 1.165) is 6.42 Å². The molecule has 2 aliphatic rings. The molecule has 0 bridgehead atoms. The zero-order valence-corrected chi connectivity index (χ0v) is 14.4. The predicted molar refractivity (Wildman–Crippen MR) is 84.6 cm³/mol. The fourth-order valence-electron chi connectivity index (χ4n) is 4.39. The van der Waals surface area contributed by atoms with Crippen molar-refractivity contribution in [3.05, 3.63) is 0 Å². The smallest absolute Gasteiger partial charge is 0.241 e. The van der Waals surface area contributed by atoms with E-state index < -0.39 is 6.10 Å². The quantitative estimate of drug-likeness (QED) is 0.839. The van der Waals surface area contributed by atoms with Crippen LogP contribution in [0.5, 0.6) is 0 Å². The number of hydrogen-bond donors (Lipinski definition) is 2. The Kier molecular flexibility index (Phi) is 4.69. The van der Waals surface area contributed by atoms with E-state index in [1.54, 1.807) is 6.92 Å². The summed E-state index contributed by atoms with van der Waals surface area (Å²) in [6.45, 7) is 10.5. The van der Waals surface area contributed by atoms with Crippen LogP contribution in [-0.2, 0) is 4.79 Å². The molecular formula is C17H32N2O2. The Balaban J connectivity index is 2.33. The van der Waals surface area contributed by atoms with Crippen molar-refractivity contribution in [2.75, 3.05) is 7.05 Å². The number of likely N-dealkylation sites (N-methyl/N-ethyl adjacent to an activating group) is 1. The SMILES string of the molecule is CC(C)[C@@H]1CC[C@@H](C)C[C@]12N[C@@H]([C@H](C)[C@@H](C)O)C(=O)N2C. The summed E-state index contributed by atoms with van der Waals surface area (Å²) in [4.78, 5) is 14.7. The number of aliphatic hydroxyl groups excluding tert-OH is 1. The highest BCUT2D eigenvalue weighted by Gasteiger charge is 2.56. The molecule has 2 N–H and O–H groups in total. The van der Waals surface area contributed by atoms with Crippen molar-refractivity contribution in [1.82, 2.24) is 10.2 Å². The number of amides is 1. The van der Waals surface area contributed by atoms with Crippen molar-refractivity contribution in [2.24, 2.45) is 23.7 Å². The minimum atomic E-state index is -0.478. The maximum atomic E-state index is 12.8. The molecule has 2 rings (SSSR count). The summed E-state index contributed by atoms with van der Waals surface area (Å²) in [5.41, 5.74) is -0.225. The molecule has 1 saturated carbocycles. The van der Waals surface area contributed by atoms with Crippen LogP contribution in [-0.4, -0.2) is 40.8 Å². The topological polar surface area (TPSA) is 52.6 Å². The monoisotopic (exact) mass is 296 g/mol. The summed E-state index contributed by atoms with van der Waals surface area (Å²) in [6.07, 6.45) is 2.94. The second kappa shape index (κ2) is 5.88. The van der Waals surface area contributed by atoms with Gasteiger partial charge in [-0.1, -0.05) is 34.1 Å².